The van der Waals surface area contributed by atoms with Crippen molar-refractivity contribution in [2.24, 2.45) is 0 Å². The number of carbonyl (C=O) groups excluding carboxylic acids is 1. The highest BCUT2D eigenvalue weighted by Gasteiger charge is 2.39. The lowest BCUT2D eigenvalue weighted by atomic mass is 10.0. The first-order valence-electron chi connectivity index (χ1n) is 7.69. The van der Waals surface area contributed by atoms with Gasteiger partial charge in [-0.3, -0.25) is 4.79 Å². The Bertz CT molecular complexity index is 908. The Balaban J connectivity index is 1.92. The van der Waals surface area contributed by atoms with Gasteiger partial charge in [0.1, 0.15) is 5.82 Å². The van der Waals surface area contributed by atoms with E-state index in [0.29, 0.717) is 0 Å². The molecule has 0 unspecified atom stereocenters. The number of rotatable bonds is 1. The van der Waals surface area contributed by atoms with E-state index in [4.69, 9.17) is 11.6 Å². The van der Waals surface area contributed by atoms with Crippen LogP contribution in [0.2, 0.25) is 5.02 Å². The van der Waals surface area contributed by atoms with Gasteiger partial charge in [-0.1, -0.05) is 17.7 Å². The molecule has 144 valence electrons. The fourth-order valence-corrected chi connectivity index (χ4v) is 3.32. The van der Waals surface area contributed by atoms with Crippen LogP contribution in [0.15, 0.2) is 18.2 Å². The molecule has 0 bridgehead atoms. The number of fused-ring (bicyclic) bond motifs is 1. The molecule has 0 spiro atoms. The van der Waals surface area contributed by atoms with E-state index in [1.807, 2.05) is 0 Å². The fraction of sp³-hybridized carbons (Fsp3) is 0.333. The minimum Gasteiger partial charge on any atom is -0.338 e. The highest BCUT2D eigenvalue weighted by molar-refractivity contribution is 6.34. The molecule has 4 nitrogen and oxygen atoms in total. The van der Waals surface area contributed by atoms with E-state index in [1.165, 1.54) is 12.4 Å². The lowest BCUT2D eigenvalue weighted by molar-refractivity contribution is -0.140. The number of halogens is 7. The average molecular weight is 410 g/mol. The van der Waals surface area contributed by atoms with Gasteiger partial charge >= 0.3 is 12.4 Å². The summed E-state index contributed by atoms with van der Waals surface area (Å²) in [4.78, 5) is 17.3. The Morgan fingerprint density at radius 2 is 1.78 bits per heavy atom. The molecule has 0 saturated carbocycles. The highest BCUT2D eigenvalue weighted by Crippen LogP contribution is 2.37. The molecule has 0 fully saturated rings. The molecule has 1 aliphatic heterocycles. The van der Waals surface area contributed by atoms with Crippen LogP contribution in [-0.4, -0.2) is 34.7 Å². The average Bonchev–Trinajstić information content (AvgIpc) is 2.90. The Hall–Kier alpha value is -2.17. The lowest BCUT2D eigenvalue weighted by Crippen LogP contribution is -2.41. The van der Waals surface area contributed by atoms with E-state index in [-0.39, 0.29) is 36.6 Å². The third kappa shape index (κ3) is 3.52. The predicted molar refractivity (Wildman–Crippen MR) is 86.6 cm³/mol. The van der Waals surface area contributed by atoms with Crippen LogP contribution in [0.25, 0.3) is 0 Å². The molecule has 1 aromatic heterocycles. The second kappa shape index (κ2) is 6.47. The van der Waals surface area contributed by atoms with Crippen LogP contribution in [-0.2, 0) is 25.4 Å². The summed E-state index contributed by atoms with van der Waals surface area (Å²) in [6.07, 6.45) is -9.36. The van der Waals surface area contributed by atoms with E-state index in [9.17, 15) is 31.1 Å². The van der Waals surface area contributed by atoms with Gasteiger partial charge in [-0.2, -0.15) is 26.3 Å². The van der Waals surface area contributed by atoms with Crippen molar-refractivity contribution >= 4 is 30.9 Å². The van der Waals surface area contributed by atoms with Crippen molar-refractivity contribution in [1.82, 2.24) is 14.5 Å². The van der Waals surface area contributed by atoms with Crippen molar-refractivity contribution in [2.75, 3.05) is 6.54 Å². The zero-order valence-electron chi connectivity index (χ0n) is 13.7. The van der Waals surface area contributed by atoms with E-state index < -0.39 is 34.5 Å². The standard InChI is InChI=1S/C15H11BClF6N3O/c16-12-11(15(21,22)23)24-9-6-25(4-5-26(9)12)13(27)7-2-1-3-8(10(7)17)14(18,19)20/h1-3H,4-6,16H2. The minimum absolute atomic E-state index is 0.0162. The molecule has 2 aromatic rings. The SMILES string of the molecule is Bc1c(C(F)(F)F)nc2n1CCN(C(=O)c1cccc(C(F)(F)F)c1Cl)C2. The van der Waals surface area contributed by atoms with Crippen molar-refractivity contribution < 1.29 is 31.1 Å². The smallest absolute Gasteiger partial charge is 0.338 e. The maximum absolute atomic E-state index is 13.0. The number of benzene rings is 1. The van der Waals surface area contributed by atoms with Crippen molar-refractivity contribution in [3.8, 4) is 0 Å². The first kappa shape index (κ1) is 19.6. The minimum atomic E-state index is -4.73. The molecular weight excluding hydrogens is 398 g/mol. The van der Waals surface area contributed by atoms with Crippen LogP contribution in [0.5, 0.6) is 0 Å². The molecule has 1 amide bonds. The molecule has 0 radical (unpaired) electrons. The number of amides is 1. The lowest BCUT2D eigenvalue weighted by Gasteiger charge is -2.29. The van der Waals surface area contributed by atoms with E-state index in [2.05, 4.69) is 4.98 Å². The summed E-state index contributed by atoms with van der Waals surface area (Å²) in [5.74, 6) is -0.783. The normalized spacial score (nSPS) is 15.0. The molecule has 1 aliphatic rings. The van der Waals surface area contributed by atoms with Crippen LogP contribution in [0, 0.1) is 0 Å². The first-order chi connectivity index (χ1) is 12.4. The largest absolute Gasteiger partial charge is 0.434 e. The molecular formula is C15H11BClF6N3O. The summed E-state index contributed by atoms with van der Waals surface area (Å²) in [7, 11) is 1.28. The molecule has 1 aromatic carbocycles. The van der Waals surface area contributed by atoms with Crippen molar-refractivity contribution in [3.05, 3.63) is 45.9 Å². The van der Waals surface area contributed by atoms with E-state index in [0.717, 1.165) is 23.1 Å². The number of alkyl halides is 6. The summed E-state index contributed by atoms with van der Waals surface area (Å²) in [6, 6.07) is 2.95. The van der Waals surface area contributed by atoms with Gasteiger partial charge in [0.05, 0.1) is 22.7 Å². The molecule has 0 saturated heterocycles. The van der Waals surface area contributed by atoms with E-state index in [1.54, 1.807) is 0 Å². The number of hydrogen-bond acceptors (Lipinski definition) is 2. The zero-order chi connectivity index (χ0) is 20.1. The van der Waals surface area contributed by atoms with Gasteiger partial charge in [-0.25, -0.2) is 4.98 Å². The first-order valence-corrected chi connectivity index (χ1v) is 8.07. The van der Waals surface area contributed by atoms with Gasteiger partial charge in [0.2, 0.25) is 0 Å². The second-order valence-electron chi connectivity index (χ2n) is 6.00. The molecule has 2 heterocycles. The number of nitrogens with zero attached hydrogens (tertiary/aromatic N) is 3. The quantitative estimate of drug-likeness (QED) is 0.536. The maximum atomic E-state index is 13.0. The van der Waals surface area contributed by atoms with Crippen molar-refractivity contribution in [3.63, 3.8) is 0 Å². The summed E-state index contributed by atoms with van der Waals surface area (Å²) in [6.45, 7) is -0.193. The summed E-state index contributed by atoms with van der Waals surface area (Å²) in [5, 5.41) is -0.740. The van der Waals surface area contributed by atoms with E-state index >= 15 is 0 Å². The van der Waals surface area contributed by atoms with Gasteiger partial charge in [0.25, 0.3) is 5.91 Å². The van der Waals surface area contributed by atoms with Crippen LogP contribution >= 0.6 is 11.6 Å². The Kier molecular flexibility index (Phi) is 4.69. The molecule has 3 rings (SSSR count). The van der Waals surface area contributed by atoms with Crippen LogP contribution in [0.3, 0.4) is 0 Å². The third-order valence-corrected chi connectivity index (χ3v) is 4.72. The van der Waals surface area contributed by atoms with Crippen LogP contribution in [0.1, 0.15) is 27.4 Å². The predicted octanol–water partition coefficient (Wildman–Crippen LogP) is 2.49. The number of carbonyl (C=O) groups is 1. The summed E-state index contributed by atoms with van der Waals surface area (Å²) >= 11 is 5.76. The molecule has 0 N–H and O–H groups in total. The monoisotopic (exact) mass is 409 g/mol. The highest BCUT2D eigenvalue weighted by atomic mass is 35.5. The number of hydrogen-bond donors (Lipinski definition) is 0. The summed E-state index contributed by atoms with van der Waals surface area (Å²) < 4.78 is 79.2. The Labute approximate surface area is 155 Å². The zero-order valence-corrected chi connectivity index (χ0v) is 14.5. The van der Waals surface area contributed by atoms with Gasteiger partial charge in [0.15, 0.2) is 13.5 Å². The van der Waals surface area contributed by atoms with Gasteiger partial charge in [-0.05, 0) is 12.1 Å². The van der Waals surface area contributed by atoms with Crippen molar-refractivity contribution in [2.45, 2.75) is 25.4 Å². The third-order valence-electron chi connectivity index (χ3n) is 4.32. The second-order valence-corrected chi connectivity index (χ2v) is 6.38. The van der Waals surface area contributed by atoms with Gasteiger partial charge < -0.3 is 9.47 Å². The summed E-state index contributed by atoms with van der Waals surface area (Å²) in [5.41, 5.74) is -2.62. The maximum Gasteiger partial charge on any atom is 0.434 e. The topological polar surface area (TPSA) is 38.1 Å². The fourth-order valence-electron chi connectivity index (χ4n) is 3.01. The molecule has 12 heteroatoms. The molecule has 0 atom stereocenters. The van der Waals surface area contributed by atoms with Gasteiger partial charge in [0, 0.05) is 18.7 Å². The number of aromatic nitrogens is 2. The van der Waals surface area contributed by atoms with Crippen LogP contribution < -0.4 is 5.59 Å². The van der Waals surface area contributed by atoms with Crippen molar-refractivity contribution in [1.29, 1.82) is 0 Å². The van der Waals surface area contributed by atoms with Gasteiger partial charge in [-0.15, -0.1) is 0 Å². The molecule has 27 heavy (non-hydrogen) atoms. The Morgan fingerprint density at radius 3 is 2.37 bits per heavy atom. The van der Waals surface area contributed by atoms with Crippen LogP contribution in [0.4, 0.5) is 26.3 Å². The number of imidazole rings is 1. The molecule has 0 aliphatic carbocycles. The Morgan fingerprint density at radius 1 is 1.11 bits per heavy atom.